The van der Waals surface area contributed by atoms with E-state index >= 15 is 0 Å². The summed E-state index contributed by atoms with van der Waals surface area (Å²) in [6, 6.07) is 0. The van der Waals surface area contributed by atoms with E-state index in [4.69, 9.17) is 14.0 Å². The van der Waals surface area contributed by atoms with E-state index in [-0.39, 0.29) is 11.7 Å². The van der Waals surface area contributed by atoms with Gasteiger partial charge in [0.15, 0.2) is 0 Å². The quantitative estimate of drug-likeness (QED) is 0.719. The summed E-state index contributed by atoms with van der Waals surface area (Å²) >= 11 is 0. The minimum absolute atomic E-state index is 0.0116. The molecule has 1 aliphatic heterocycles. The molecule has 16 heavy (non-hydrogen) atoms. The second-order valence-electron chi connectivity index (χ2n) is 3.59. The van der Waals surface area contributed by atoms with Gasteiger partial charge in [0.2, 0.25) is 5.89 Å². The first kappa shape index (κ1) is 11.1. The third-order valence-electron chi connectivity index (χ3n) is 2.41. The molecule has 0 amide bonds. The third kappa shape index (κ3) is 2.38. The van der Waals surface area contributed by atoms with Crippen LogP contribution in [0.5, 0.6) is 0 Å². The molecule has 6 nitrogen and oxygen atoms in total. The molecule has 0 bridgehead atoms. The molecule has 6 heteroatoms. The number of hydrogen-bond donors (Lipinski definition) is 0. The third-order valence-corrected chi connectivity index (χ3v) is 2.41. The lowest BCUT2D eigenvalue weighted by atomic mass is 10.0. The number of esters is 1. The van der Waals surface area contributed by atoms with Gasteiger partial charge < -0.3 is 14.0 Å². The Morgan fingerprint density at radius 3 is 3.19 bits per heavy atom. The summed E-state index contributed by atoms with van der Waals surface area (Å²) in [6.07, 6.45) is 1.92. The maximum atomic E-state index is 11.3. The van der Waals surface area contributed by atoms with Crippen LogP contribution in [0.2, 0.25) is 0 Å². The van der Waals surface area contributed by atoms with E-state index < -0.39 is 5.97 Å². The molecule has 0 spiro atoms. The van der Waals surface area contributed by atoms with Gasteiger partial charge in [-0.3, -0.25) is 0 Å². The first-order valence-corrected chi connectivity index (χ1v) is 5.39. The largest absolute Gasteiger partial charge is 0.460 e. The lowest BCUT2D eigenvalue weighted by Gasteiger charge is -2.17. The molecule has 0 aliphatic carbocycles. The van der Waals surface area contributed by atoms with Gasteiger partial charge in [-0.25, -0.2) is 4.79 Å². The van der Waals surface area contributed by atoms with Crippen LogP contribution < -0.4 is 0 Å². The zero-order valence-electron chi connectivity index (χ0n) is 9.14. The molecule has 1 atom stereocenters. The number of hydrogen-bond acceptors (Lipinski definition) is 6. The molecule has 2 rings (SSSR count). The smallest absolute Gasteiger partial charge is 0.379 e. The molecular formula is C10H14N2O4. The Morgan fingerprint density at radius 1 is 1.62 bits per heavy atom. The highest BCUT2D eigenvalue weighted by molar-refractivity contribution is 5.84. The monoisotopic (exact) mass is 226 g/mol. The van der Waals surface area contributed by atoms with Crippen molar-refractivity contribution >= 4 is 5.97 Å². The van der Waals surface area contributed by atoms with Gasteiger partial charge in [0.05, 0.1) is 19.1 Å². The van der Waals surface area contributed by atoms with Crippen LogP contribution in [0.25, 0.3) is 0 Å². The van der Waals surface area contributed by atoms with Crippen LogP contribution in [0.15, 0.2) is 4.52 Å². The molecule has 0 N–H and O–H groups in total. The highest BCUT2D eigenvalue weighted by atomic mass is 16.5. The number of ether oxygens (including phenoxy) is 2. The van der Waals surface area contributed by atoms with Crippen molar-refractivity contribution in [2.75, 3.05) is 19.8 Å². The van der Waals surface area contributed by atoms with E-state index in [1.54, 1.807) is 6.92 Å². The summed E-state index contributed by atoms with van der Waals surface area (Å²) in [5.41, 5.74) is 0. The second kappa shape index (κ2) is 5.07. The van der Waals surface area contributed by atoms with Crippen molar-refractivity contribution in [3.05, 3.63) is 11.7 Å². The predicted molar refractivity (Wildman–Crippen MR) is 53.0 cm³/mol. The standard InChI is InChI=1S/C10H14N2O4/c1-2-15-10(13)8-11-9(16-12-8)7-4-3-5-14-6-7/h7H,2-6H2,1H3. The Hall–Kier alpha value is -1.43. The van der Waals surface area contributed by atoms with Crippen LogP contribution in [0.3, 0.4) is 0 Å². The molecule has 1 unspecified atom stereocenters. The van der Waals surface area contributed by atoms with Crippen molar-refractivity contribution in [2.24, 2.45) is 0 Å². The molecular weight excluding hydrogens is 212 g/mol. The Labute approximate surface area is 92.9 Å². The van der Waals surface area contributed by atoms with Gasteiger partial charge in [0.1, 0.15) is 0 Å². The van der Waals surface area contributed by atoms with Crippen LogP contribution in [-0.2, 0) is 9.47 Å². The van der Waals surface area contributed by atoms with Gasteiger partial charge in [0.25, 0.3) is 5.82 Å². The van der Waals surface area contributed by atoms with Crippen molar-refractivity contribution in [1.29, 1.82) is 0 Å². The molecule has 0 aromatic carbocycles. The van der Waals surface area contributed by atoms with Gasteiger partial charge in [-0.1, -0.05) is 0 Å². The summed E-state index contributed by atoms with van der Waals surface area (Å²) in [5, 5.41) is 3.59. The van der Waals surface area contributed by atoms with Crippen molar-refractivity contribution in [3.63, 3.8) is 0 Å². The van der Waals surface area contributed by atoms with Gasteiger partial charge in [-0.2, -0.15) is 4.98 Å². The van der Waals surface area contributed by atoms with Crippen LogP contribution in [-0.4, -0.2) is 35.9 Å². The fourth-order valence-corrected chi connectivity index (χ4v) is 1.62. The van der Waals surface area contributed by atoms with Gasteiger partial charge in [-0.05, 0) is 24.9 Å². The first-order valence-electron chi connectivity index (χ1n) is 5.39. The topological polar surface area (TPSA) is 74.5 Å². The molecule has 0 radical (unpaired) electrons. The van der Waals surface area contributed by atoms with E-state index in [9.17, 15) is 4.79 Å². The van der Waals surface area contributed by atoms with Crippen molar-refractivity contribution < 1.29 is 18.8 Å². The Bertz CT molecular complexity index is 357. The lowest BCUT2D eigenvalue weighted by molar-refractivity contribution is 0.0508. The van der Waals surface area contributed by atoms with E-state index in [1.165, 1.54) is 0 Å². The summed E-state index contributed by atoms with van der Waals surface area (Å²) in [5.74, 6) is 0.00355. The fourth-order valence-electron chi connectivity index (χ4n) is 1.62. The number of carbonyl (C=O) groups is 1. The fraction of sp³-hybridized carbons (Fsp3) is 0.700. The molecule has 88 valence electrons. The van der Waals surface area contributed by atoms with E-state index in [0.717, 1.165) is 19.4 Å². The SMILES string of the molecule is CCOC(=O)c1noc(C2CCCOC2)n1. The molecule has 1 fully saturated rings. The van der Waals surface area contributed by atoms with E-state index in [1.807, 2.05) is 0 Å². The van der Waals surface area contributed by atoms with Crippen molar-refractivity contribution in [1.82, 2.24) is 10.1 Å². The molecule has 1 aromatic heterocycles. The number of carbonyl (C=O) groups excluding carboxylic acids is 1. The normalized spacial score (nSPS) is 20.7. The zero-order chi connectivity index (χ0) is 11.4. The summed E-state index contributed by atoms with van der Waals surface area (Å²) in [7, 11) is 0. The minimum atomic E-state index is -0.547. The highest BCUT2D eigenvalue weighted by Gasteiger charge is 2.24. The summed E-state index contributed by atoms with van der Waals surface area (Å²) < 4.78 is 15.1. The number of aromatic nitrogens is 2. The lowest BCUT2D eigenvalue weighted by Crippen LogP contribution is -2.16. The van der Waals surface area contributed by atoms with Crippen molar-refractivity contribution in [2.45, 2.75) is 25.7 Å². The maximum Gasteiger partial charge on any atom is 0.379 e. The number of rotatable bonds is 3. The minimum Gasteiger partial charge on any atom is -0.460 e. The summed E-state index contributed by atoms with van der Waals surface area (Å²) in [4.78, 5) is 15.3. The highest BCUT2D eigenvalue weighted by Crippen LogP contribution is 2.23. The molecule has 2 heterocycles. The molecule has 0 saturated carbocycles. The van der Waals surface area contributed by atoms with E-state index in [0.29, 0.717) is 19.1 Å². The zero-order valence-corrected chi connectivity index (χ0v) is 9.14. The Balaban J connectivity index is 2.03. The van der Waals surface area contributed by atoms with Crippen LogP contribution >= 0.6 is 0 Å². The Morgan fingerprint density at radius 2 is 2.50 bits per heavy atom. The van der Waals surface area contributed by atoms with Gasteiger partial charge in [-0.15, -0.1) is 0 Å². The number of nitrogens with zero attached hydrogens (tertiary/aromatic N) is 2. The van der Waals surface area contributed by atoms with Gasteiger partial charge >= 0.3 is 5.97 Å². The molecule has 1 saturated heterocycles. The van der Waals surface area contributed by atoms with Gasteiger partial charge in [0, 0.05) is 6.61 Å². The van der Waals surface area contributed by atoms with E-state index in [2.05, 4.69) is 10.1 Å². The second-order valence-corrected chi connectivity index (χ2v) is 3.59. The Kier molecular flexibility index (Phi) is 3.51. The summed E-state index contributed by atoms with van der Waals surface area (Å²) in [6.45, 7) is 3.38. The average Bonchev–Trinajstić information content (AvgIpc) is 2.80. The van der Waals surface area contributed by atoms with Crippen LogP contribution in [0, 0.1) is 0 Å². The van der Waals surface area contributed by atoms with Crippen LogP contribution in [0.1, 0.15) is 42.2 Å². The van der Waals surface area contributed by atoms with Crippen molar-refractivity contribution in [3.8, 4) is 0 Å². The molecule has 1 aliphatic rings. The molecule has 1 aromatic rings. The first-order chi connectivity index (χ1) is 7.81. The average molecular weight is 226 g/mol. The predicted octanol–water partition coefficient (Wildman–Crippen LogP) is 1.14. The van der Waals surface area contributed by atoms with Crippen LogP contribution in [0.4, 0.5) is 0 Å². The maximum absolute atomic E-state index is 11.3.